The van der Waals surface area contributed by atoms with Gasteiger partial charge in [0, 0.05) is 12.6 Å². The Morgan fingerprint density at radius 2 is 1.55 bits per heavy atom. The molecule has 0 aliphatic carbocycles. The maximum Gasteiger partial charge on any atom is 0.339 e. The number of aromatic carboxylic acids is 1. The van der Waals surface area contributed by atoms with Crippen LogP contribution in [0.3, 0.4) is 0 Å². The van der Waals surface area contributed by atoms with E-state index in [-0.39, 0.29) is 28.6 Å². The van der Waals surface area contributed by atoms with Crippen molar-refractivity contribution in [3.63, 3.8) is 0 Å². The fourth-order valence-electron chi connectivity index (χ4n) is 3.46. The number of phenols is 1. The summed E-state index contributed by atoms with van der Waals surface area (Å²) in [7, 11) is -3.98. The van der Waals surface area contributed by atoms with E-state index >= 15 is 0 Å². The second-order valence-corrected chi connectivity index (χ2v) is 10.2. The number of carboxylic acids is 1. The zero-order valence-electron chi connectivity index (χ0n) is 18.9. The summed E-state index contributed by atoms with van der Waals surface area (Å²) in [5.41, 5.74) is 2.01. The van der Waals surface area contributed by atoms with Crippen LogP contribution in [0.5, 0.6) is 17.2 Å². The Bertz CT molecular complexity index is 1250. The molecule has 174 valence electrons. The van der Waals surface area contributed by atoms with Crippen LogP contribution < -0.4 is 9.04 Å². The normalized spacial score (nSPS) is 11.4. The van der Waals surface area contributed by atoms with Crippen molar-refractivity contribution in [3.05, 3.63) is 77.4 Å². The van der Waals surface area contributed by atoms with E-state index in [0.717, 1.165) is 17.2 Å². The molecule has 33 heavy (non-hydrogen) atoms. The summed E-state index contributed by atoms with van der Waals surface area (Å²) in [5, 5.41) is 19.2. The maximum absolute atomic E-state index is 13.4. The van der Waals surface area contributed by atoms with Crippen LogP contribution in [0.1, 0.15) is 35.3 Å². The van der Waals surface area contributed by atoms with E-state index in [0.29, 0.717) is 11.5 Å². The Kier molecular flexibility index (Phi) is 6.98. The Morgan fingerprint density at radius 3 is 2.06 bits per heavy atom. The predicted octanol–water partition coefficient (Wildman–Crippen LogP) is 5.35. The monoisotopic (exact) mass is 469 g/mol. The number of hydrogen-bond donors (Lipinski definition) is 2. The first-order valence-electron chi connectivity index (χ1n) is 10.4. The van der Waals surface area contributed by atoms with Gasteiger partial charge in [-0.05, 0) is 79.4 Å². The molecule has 0 atom stereocenters. The molecule has 0 fully saturated rings. The Hall–Kier alpha value is -3.52. The number of rotatable bonds is 8. The number of anilines is 1. The highest BCUT2D eigenvalue weighted by Gasteiger charge is 2.27. The molecule has 3 aromatic rings. The minimum absolute atomic E-state index is 0.0202. The number of hydrogen-bond acceptors (Lipinski definition) is 5. The molecule has 2 N–H and O–H groups in total. The third-order valence-electron chi connectivity index (χ3n) is 4.87. The standard InChI is InChI=1S/C25H27NO6S/c1-16(2)15-26(19-5-10-23(25(28)29)24(27)14-19)33(30,31)22-8-6-20(7-9-22)32-21-12-17(3)11-18(4)13-21/h5-14,16,27H,15H2,1-4H3,(H,28,29). The highest BCUT2D eigenvalue weighted by molar-refractivity contribution is 7.92. The fourth-order valence-corrected chi connectivity index (χ4v) is 5.08. The molecule has 0 saturated carbocycles. The number of nitrogens with zero attached hydrogens (tertiary/aromatic N) is 1. The highest BCUT2D eigenvalue weighted by atomic mass is 32.2. The molecule has 3 rings (SSSR count). The van der Waals surface area contributed by atoms with Gasteiger partial charge in [0.15, 0.2) is 0 Å². The Labute approximate surface area is 193 Å². The average molecular weight is 470 g/mol. The smallest absolute Gasteiger partial charge is 0.339 e. The average Bonchev–Trinajstić information content (AvgIpc) is 2.71. The van der Waals surface area contributed by atoms with E-state index in [1.54, 1.807) is 12.1 Å². The molecule has 0 aliphatic heterocycles. The third-order valence-corrected chi connectivity index (χ3v) is 6.68. The number of benzene rings is 3. The molecular weight excluding hydrogens is 442 g/mol. The lowest BCUT2D eigenvalue weighted by molar-refractivity contribution is 0.0693. The highest BCUT2D eigenvalue weighted by Crippen LogP contribution is 2.31. The van der Waals surface area contributed by atoms with Crippen LogP contribution in [0.15, 0.2) is 65.6 Å². The van der Waals surface area contributed by atoms with E-state index in [1.807, 2.05) is 45.9 Å². The first-order valence-corrected chi connectivity index (χ1v) is 11.9. The summed E-state index contributed by atoms with van der Waals surface area (Å²) in [5.74, 6) is -0.651. The van der Waals surface area contributed by atoms with Crippen molar-refractivity contribution in [2.45, 2.75) is 32.6 Å². The van der Waals surface area contributed by atoms with Gasteiger partial charge in [-0.25, -0.2) is 13.2 Å². The van der Waals surface area contributed by atoms with Crippen LogP contribution in [0.4, 0.5) is 5.69 Å². The van der Waals surface area contributed by atoms with Crippen LogP contribution in [-0.4, -0.2) is 31.1 Å². The minimum atomic E-state index is -3.98. The van der Waals surface area contributed by atoms with Gasteiger partial charge in [-0.15, -0.1) is 0 Å². The van der Waals surface area contributed by atoms with E-state index in [2.05, 4.69) is 0 Å². The molecule has 0 amide bonds. The summed E-state index contributed by atoms with van der Waals surface area (Å²) in [6.07, 6.45) is 0. The van der Waals surface area contributed by atoms with Crippen molar-refractivity contribution < 1.29 is 28.2 Å². The van der Waals surface area contributed by atoms with Crippen LogP contribution >= 0.6 is 0 Å². The molecule has 0 unspecified atom stereocenters. The van der Waals surface area contributed by atoms with E-state index in [9.17, 15) is 18.3 Å². The number of carboxylic acid groups (broad SMARTS) is 1. The van der Waals surface area contributed by atoms with Gasteiger partial charge in [0.2, 0.25) is 0 Å². The van der Waals surface area contributed by atoms with Gasteiger partial charge in [0.05, 0.1) is 10.6 Å². The van der Waals surface area contributed by atoms with Gasteiger partial charge < -0.3 is 14.9 Å². The van der Waals surface area contributed by atoms with Crippen LogP contribution in [0, 0.1) is 19.8 Å². The molecule has 0 spiro atoms. The van der Waals surface area contributed by atoms with Crippen molar-refractivity contribution in [1.82, 2.24) is 0 Å². The molecule has 0 saturated heterocycles. The van der Waals surface area contributed by atoms with Crippen LogP contribution in [0.25, 0.3) is 0 Å². The quantitative estimate of drug-likeness (QED) is 0.461. The zero-order chi connectivity index (χ0) is 24.3. The van der Waals surface area contributed by atoms with Crippen molar-refractivity contribution >= 4 is 21.7 Å². The summed E-state index contributed by atoms with van der Waals surface area (Å²) in [6, 6.07) is 15.7. The Morgan fingerprint density at radius 1 is 0.939 bits per heavy atom. The Balaban J connectivity index is 1.93. The van der Waals surface area contributed by atoms with Gasteiger partial charge in [-0.3, -0.25) is 4.31 Å². The van der Waals surface area contributed by atoms with Gasteiger partial charge >= 0.3 is 5.97 Å². The zero-order valence-corrected chi connectivity index (χ0v) is 19.8. The van der Waals surface area contributed by atoms with Crippen molar-refractivity contribution in [2.75, 3.05) is 10.8 Å². The lowest BCUT2D eigenvalue weighted by Gasteiger charge is -2.26. The summed E-state index contributed by atoms with van der Waals surface area (Å²) in [4.78, 5) is 11.2. The summed E-state index contributed by atoms with van der Waals surface area (Å²) in [6.45, 7) is 7.83. The van der Waals surface area contributed by atoms with E-state index in [1.165, 1.54) is 28.6 Å². The van der Waals surface area contributed by atoms with Gasteiger partial charge in [-0.2, -0.15) is 0 Å². The molecule has 0 radical (unpaired) electrons. The molecule has 0 aliphatic rings. The molecule has 0 bridgehead atoms. The second kappa shape index (κ2) is 9.54. The van der Waals surface area contributed by atoms with Crippen molar-refractivity contribution in [1.29, 1.82) is 0 Å². The number of sulfonamides is 1. The van der Waals surface area contributed by atoms with Crippen LogP contribution in [-0.2, 0) is 10.0 Å². The first kappa shape index (κ1) is 24.1. The predicted molar refractivity (Wildman–Crippen MR) is 127 cm³/mol. The number of aryl methyl sites for hydroxylation is 2. The summed E-state index contributed by atoms with van der Waals surface area (Å²) >= 11 is 0. The molecule has 0 heterocycles. The summed E-state index contributed by atoms with van der Waals surface area (Å²) < 4.78 is 33.9. The maximum atomic E-state index is 13.4. The number of aromatic hydroxyl groups is 1. The van der Waals surface area contributed by atoms with Crippen molar-refractivity contribution in [2.24, 2.45) is 5.92 Å². The minimum Gasteiger partial charge on any atom is -0.507 e. The molecule has 8 heteroatoms. The van der Waals surface area contributed by atoms with E-state index < -0.39 is 21.7 Å². The first-order chi connectivity index (χ1) is 15.5. The largest absolute Gasteiger partial charge is 0.507 e. The lowest BCUT2D eigenvalue weighted by Crippen LogP contribution is -2.34. The third kappa shape index (κ3) is 5.64. The van der Waals surface area contributed by atoms with Gasteiger partial charge in [-0.1, -0.05) is 19.9 Å². The van der Waals surface area contributed by atoms with Crippen molar-refractivity contribution in [3.8, 4) is 17.2 Å². The lowest BCUT2D eigenvalue weighted by atomic mass is 10.1. The van der Waals surface area contributed by atoms with E-state index in [4.69, 9.17) is 9.84 Å². The molecular formula is C25H27NO6S. The van der Waals surface area contributed by atoms with Gasteiger partial charge in [0.1, 0.15) is 22.8 Å². The van der Waals surface area contributed by atoms with Gasteiger partial charge in [0.25, 0.3) is 10.0 Å². The number of ether oxygens (including phenoxy) is 1. The molecule has 3 aromatic carbocycles. The fraction of sp³-hybridized carbons (Fsp3) is 0.240. The topological polar surface area (TPSA) is 104 Å². The molecule has 0 aromatic heterocycles. The van der Waals surface area contributed by atoms with Crippen LogP contribution in [0.2, 0.25) is 0 Å². The number of carbonyl (C=O) groups is 1. The SMILES string of the molecule is Cc1cc(C)cc(Oc2ccc(S(=O)(=O)N(CC(C)C)c3ccc(C(=O)O)c(O)c3)cc2)c1. The second-order valence-electron chi connectivity index (χ2n) is 8.33. The molecule has 7 nitrogen and oxygen atoms in total.